The second-order valence-corrected chi connectivity index (χ2v) is 9.11. The Labute approximate surface area is 193 Å². The third-order valence-electron chi connectivity index (χ3n) is 6.80. The number of pyridine rings is 1. The van der Waals surface area contributed by atoms with Crippen molar-refractivity contribution < 1.29 is 4.74 Å². The maximum atomic E-state index is 6.17. The molecule has 2 fully saturated rings. The van der Waals surface area contributed by atoms with Crippen LogP contribution in [-0.4, -0.2) is 52.4 Å². The van der Waals surface area contributed by atoms with Crippen LogP contribution in [0, 0.1) is 0 Å². The minimum Gasteiger partial charge on any atom is -0.489 e. The van der Waals surface area contributed by atoms with Crippen LogP contribution in [0.3, 0.4) is 0 Å². The van der Waals surface area contributed by atoms with Gasteiger partial charge in [0.25, 0.3) is 0 Å². The van der Waals surface area contributed by atoms with Gasteiger partial charge in [-0.1, -0.05) is 6.07 Å². The van der Waals surface area contributed by atoms with Crippen LogP contribution in [0.25, 0.3) is 33.5 Å². The average molecular weight is 443 g/mol. The van der Waals surface area contributed by atoms with Crippen molar-refractivity contribution in [2.45, 2.75) is 38.2 Å². The van der Waals surface area contributed by atoms with E-state index < -0.39 is 0 Å². The summed E-state index contributed by atoms with van der Waals surface area (Å²) in [6, 6.07) is 12.9. The van der Waals surface area contributed by atoms with Crippen molar-refractivity contribution in [1.29, 1.82) is 0 Å². The van der Waals surface area contributed by atoms with Crippen LogP contribution in [0.5, 0.6) is 5.75 Å². The predicted molar refractivity (Wildman–Crippen MR) is 132 cm³/mol. The number of aromatic nitrogens is 4. The van der Waals surface area contributed by atoms with Gasteiger partial charge in [-0.25, -0.2) is 0 Å². The molecule has 0 aliphatic carbocycles. The minimum absolute atomic E-state index is 0.251. The number of nitrogens with one attached hydrogen (secondary N) is 3. The van der Waals surface area contributed by atoms with E-state index in [0.29, 0.717) is 0 Å². The number of rotatable bonds is 5. The summed E-state index contributed by atoms with van der Waals surface area (Å²) in [5, 5.41) is 12.4. The fraction of sp³-hybridized carbons (Fsp3) is 0.385. The summed E-state index contributed by atoms with van der Waals surface area (Å²) in [5.41, 5.74) is 6.30. The molecule has 0 atom stereocenters. The monoisotopic (exact) mass is 442 g/mol. The fourth-order valence-corrected chi connectivity index (χ4v) is 5.03. The molecule has 5 heterocycles. The second kappa shape index (κ2) is 8.90. The van der Waals surface area contributed by atoms with Crippen LogP contribution in [0.2, 0.25) is 0 Å². The van der Waals surface area contributed by atoms with E-state index in [0.717, 1.165) is 72.9 Å². The van der Waals surface area contributed by atoms with Crippen molar-refractivity contribution in [3.05, 3.63) is 48.8 Å². The Hall–Kier alpha value is -3.32. The van der Waals surface area contributed by atoms with E-state index in [9.17, 15) is 0 Å². The number of aromatic amines is 2. The van der Waals surface area contributed by atoms with Gasteiger partial charge >= 0.3 is 0 Å². The lowest BCUT2D eigenvalue weighted by Gasteiger charge is -2.29. The Bertz CT molecular complexity index is 1230. The standard InChI is InChI=1S/C26H30N6O/c1-2-11-32(12-3-1)26-6-4-5-22-21(26)14-24(29-22)25-15-23(30-31-25)18-13-20(17-28-16-18)33-19-7-9-27-10-8-19/h4-6,13-17,19,27,29H,1-3,7-12H2,(H,30,31). The molecule has 2 aliphatic heterocycles. The molecule has 0 amide bonds. The van der Waals surface area contributed by atoms with Crippen molar-refractivity contribution >= 4 is 16.6 Å². The summed E-state index contributed by atoms with van der Waals surface area (Å²) in [6.45, 7) is 4.28. The first kappa shape index (κ1) is 20.3. The van der Waals surface area contributed by atoms with Gasteiger partial charge in [0.15, 0.2) is 0 Å². The molecule has 3 N–H and O–H groups in total. The molecule has 7 heteroatoms. The minimum atomic E-state index is 0.251. The first-order chi connectivity index (χ1) is 16.3. The summed E-state index contributed by atoms with van der Waals surface area (Å²) in [4.78, 5) is 10.5. The van der Waals surface area contributed by atoms with E-state index in [4.69, 9.17) is 4.74 Å². The highest BCUT2D eigenvalue weighted by Gasteiger charge is 2.17. The third kappa shape index (κ3) is 4.20. The summed E-state index contributed by atoms with van der Waals surface area (Å²) in [5.74, 6) is 0.812. The van der Waals surface area contributed by atoms with Gasteiger partial charge in [-0.15, -0.1) is 0 Å². The van der Waals surface area contributed by atoms with E-state index in [1.807, 2.05) is 12.3 Å². The van der Waals surface area contributed by atoms with E-state index in [1.54, 1.807) is 6.20 Å². The molecule has 2 saturated heterocycles. The van der Waals surface area contributed by atoms with Gasteiger partial charge in [0, 0.05) is 41.4 Å². The molecular weight excluding hydrogens is 412 g/mol. The summed E-state index contributed by atoms with van der Waals surface area (Å²) >= 11 is 0. The topological polar surface area (TPSA) is 81.9 Å². The lowest BCUT2D eigenvalue weighted by molar-refractivity contribution is 0.162. The smallest absolute Gasteiger partial charge is 0.138 e. The van der Waals surface area contributed by atoms with Gasteiger partial charge < -0.3 is 19.9 Å². The lowest BCUT2D eigenvalue weighted by Crippen LogP contribution is -2.34. The molecule has 0 saturated carbocycles. The van der Waals surface area contributed by atoms with Gasteiger partial charge in [0.2, 0.25) is 0 Å². The van der Waals surface area contributed by atoms with Crippen LogP contribution in [0.15, 0.2) is 48.8 Å². The van der Waals surface area contributed by atoms with Crippen molar-refractivity contribution in [3.63, 3.8) is 0 Å². The number of piperidine rings is 2. The highest BCUT2D eigenvalue weighted by Crippen LogP contribution is 2.33. The number of benzene rings is 1. The van der Waals surface area contributed by atoms with E-state index in [2.05, 4.69) is 60.7 Å². The zero-order valence-corrected chi connectivity index (χ0v) is 18.8. The van der Waals surface area contributed by atoms with Crippen LogP contribution in [0.1, 0.15) is 32.1 Å². The Morgan fingerprint density at radius 3 is 2.70 bits per heavy atom. The quantitative estimate of drug-likeness (QED) is 0.416. The molecule has 2 aliphatic rings. The molecule has 33 heavy (non-hydrogen) atoms. The molecule has 1 aromatic carbocycles. The number of anilines is 1. The highest BCUT2D eigenvalue weighted by molar-refractivity contribution is 5.96. The molecule has 6 rings (SSSR count). The molecule has 0 bridgehead atoms. The second-order valence-electron chi connectivity index (χ2n) is 9.11. The molecule has 7 nitrogen and oxygen atoms in total. The van der Waals surface area contributed by atoms with E-state index in [1.165, 1.54) is 30.3 Å². The number of nitrogens with zero attached hydrogens (tertiary/aromatic N) is 3. The van der Waals surface area contributed by atoms with Gasteiger partial charge in [-0.05, 0) is 75.5 Å². The average Bonchev–Trinajstić information content (AvgIpc) is 3.53. The fourth-order valence-electron chi connectivity index (χ4n) is 5.03. The predicted octanol–water partition coefficient (Wildman–Crippen LogP) is 4.74. The van der Waals surface area contributed by atoms with Crippen molar-refractivity contribution in [2.24, 2.45) is 0 Å². The summed E-state index contributed by atoms with van der Waals surface area (Å²) in [7, 11) is 0. The Kier molecular flexibility index (Phi) is 5.48. The molecule has 0 spiro atoms. The van der Waals surface area contributed by atoms with Crippen molar-refractivity contribution in [1.82, 2.24) is 25.5 Å². The number of hydrogen-bond acceptors (Lipinski definition) is 5. The first-order valence-electron chi connectivity index (χ1n) is 12.1. The van der Waals surface area contributed by atoms with Gasteiger partial charge in [-0.3, -0.25) is 10.1 Å². The lowest BCUT2D eigenvalue weighted by atomic mass is 10.1. The Morgan fingerprint density at radius 2 is 1.82 bits per heavy atom. The third-order valence-corrected chi connectivity index (χ3v) is 6.80. The molecule has 170 valence electrons. The van der Waals surface area contributed by atoms with Crippen LogP contribution in [-0.2, 0) is 0 Å². The number of hydrogen-bond donors (Lipinski definition) is 3. The normalized spacial score (nSPS) is 17.5. The van der Waals surface area contributed by atoms with Crippen molar-refractivity contribution in [3.8, 4) is 28.4 Å². The van der Waals surface area contributed by atoms with Gasteiger partial charge in [-0.2, -0.15) is 5.10 Å². The van der Waals surface area contributed by atoms with Gasteiger partial charge in [0.05, 0.1) is 17.6 Å². The first-order valence-corrected chi connectivity index (χ1v) is 12.1. The number of fused-ring (bicyclic) bond motifs is 1. The SMILES string of the molecule is c1cc(N2CCCCC2)c2cc(-c3cc(-c4cncc(OC5CCNCC5)c4)[nH]n3)[nH]c2c1. The van der Waals surface area contributed by atoms with Crippen LogP contribution in [0.4, 0.5) is 5.69 Å². The van der Waals surface area contributed by atoms with Gasteiger partial charge in [0.1, 0.15) is 17.5 Å². The number of ether oxygens (including phenoxy) is 1. The summed E-state index contributed by atoms with van der Waals surface area (Å²) in [6.07, 6.45) is 9.82. The maximum absolute atomic E-state index is 6.17. The zero-order chi connectivity index (χ0) is 22.0. The maximum Gasteiger partial charge on any atom is 0.138 e. The molecule has 0 unspecified atom stereocenters. The van der Waals surface area contributed by atoms with E-state index >= 15 is 0 Å². The molecule has 0 radical (unpaired) electrons. The number of H-pyrrole nitrogens is 2. The highest BCUT2D eigenvalue weighted by atomic mass is 16.5. The largest absolute Gasteiger partial charge is 0.489 e. The Balaban J connectivity index is 1.26. The van der Waals surface area contributed by atoms with E-state index in [-0.39, 0.29) is 6.10 Å². The van der Waals surface area contributed by atoms with Crippen molar-refractivity contribution in [2.75, 3.05) is 31.1 Å². The molecular formula is C26H30N6O. The van der Waals surface area contributed by atoms with Crippen LogP contribution < -0.4 is 15.0 Å². The van der Waals surface area contributed by atoms with Crippen LogP contribution >= 0.6 is 0 Å². The molecule has 3 aromatic heterocycles. The Morgan fingerprint density at radius 1 is 0.939 bits per heavy atom. The summed E-state index contributed by atoms with van der Waals surface area (Å²) < 4.78 is 6.17. The zero-order valence-electron chi connectivity index (χ0n) is 18.8. The molecule has 4 aromatic rings.